The fourth-order valence-corrected chi connectivity index (χ4v) is 5.40. The highest BCUT2D eigenvalue weighted by atomic mass is 19.3. The van der Waals surface area contributed by atoms with Gasteiger partial charge in [0.25, 0.3) is 5.92 Å². The third kappa shape index (κ3) is 8.46. The molecule has 2 unspecified atom stereocenters. The van der Waals surface area contributed by atoms with Crippen molar-refractivity contribution in [3.05, 3.63) is 49.1 Å². The van der Waals surface area contributed by atoms with E-state index in [4.69, 9.17) is 9.47 Å². The summed E-state index contributed by atoms with van der Waals surface area (Å²) in [6, 6.07) is 7.86. The Hall–Kier alpha value is -1.84. The molecule has 0 aliphatic heterocycles. The molecule has 0 saturated heterocycles. The molecule has 0 bridgehead atoms. The average molecular weight is 461 g/mol. The first-order chi connectivity index (χ1) is 16.0. The molecule has 3 rings (SSSR count). The van der Waals surface area contributed by atoms with E-state index in [1.165, 1.54) is 25.7 Å². The van der Waals surface area contributed by atoms with Crippen LogP contribution >= 0.6 is 0 Å². The largest absolute Gasteiger partial charge is 0.494 e. The van der Waals surface area contributed by atoms with Gasteiger partial charge in [0.05, 0.1) is 13.2 Å². The van der Waals surface area contributed by atoms with E-state index in [0.29, 0.717) is 37.7 Å². The molecule has 0 radical (unpaired) electrons. The molecule has 0 aromatic heterocycles. The van der Waals surface area contributed by atoms with Crippen LogP contribution in [0, 0.1) is 23.7 Å². The Morgan fingerprint density at radius 1 is 0.909 bits per heavy atom. The first kappa shape index (κ1) is 25.8. The molecule has 0 amide bonds. The fraction of sp³-hybridized carbons (Fsp3) is 0.655. The maximum absolute atomic E-state index is 14.4. The monoisotopic (exact) mass is 460 g/mol. The Morgan fingerprint density at radius 2 is 1.58 bits per heavy atom. The molecule has 184 valence electrons. The molecule has 2 atom stereocenters. The summed E-state index contributed by atoms with van der Waals surface area (Å²) >= 11 is 0. The van der Waals surface area contributed by atoms with Gasteiger partial charge in [-0.05, 0) is 113 Å². The summed E-state index contributed by atoms with van der Waals surface area (Å²) < 4.78 is 40.3. The van der Waals surface area contributed by atoms with Crippen molar-refractivity contribution >= 4 is 0 Å². The van der Waals surface area contributed by atoms with Gasteiger partial charge < -0.3 is 9.47 Å². The lowest BCUT2D eigenvalue weighted by Gasteiger charge is -2.36. The minimum absolute atomic E-state index is 0.0715. The normalized spacial score (nSPS) is 27.4. The lowest BCUT2D eigenvalue weighted by atomic mass is 9.75. The van der Waals surface area contributed by atoms with Crippen LogP contribution in [0.5, 0.6) is 11.5 Å². The van der Waals surface area contributed by atoms with Crippen LogP contribution in [-0.4, -0.2) is 19.1 Å². The topological polar surface area (TPSA) is 18.5 Å². The molecule has 1 aromatic rings. The molecule has 4 heteroatoms. The van der Waals surface area contributed by atoms with Crippen molar-refractivity contribution in [3.8, 4) is 11.5 Å². The van der Waals surface area contributed by atoms with Gasteiger partial charge in [0.15, 0.2) is 0 Å². The van der Waals surface area contributed by atoms with E-state index in [1.54, 1.807) is 6.08 Å². The van der Waals surface area contributed by atoms with Gasteiger partial charge in [-0.25, -0.2) is 8.78 Å². The van der Waals surface area contributed by atoms with Crippen molar-refractivity contribution in [1.82, 2.24) is 0 Å². The smallest absolute Gasteiger partial charge is 0.251 e. The minimum atomic E-state index is -2.50. The number of halogens is 2. The van der Waals surface area contributed by atoms with E-state index in [0.717, 1.165) is 37.4 Å². The van der Waals surface area contributed by atoms with Gasteiger partial charge >= 0.3 is 0 Å². The Kier molecular flexibility index (Phi) is 10.3. The van der Waals surface area contributed by atoms with Gasteiger partial charge in [0.1, 0.15) is 11.5 Å². The van der Waals surface area contributed by atoms with Crippen LogP contribution < -0.4 is 9.47 Å². The quantitative estimate of drug-likeness (QED) is 0.291. The lowest BCUT2D eigenvalue weighted by Crippen LogP contribution is -2.35. The zero-order valence-corrected chi connectivity index (χ0v) is 20.3. The van der Waals surface area contributed by atoms with E-state index in [-0.39, 0.29) is 12.3 Å². The standard InChI is InChI=1S/C29H42F2O2/c1-3-5-10-26-16-15-24(21-29(26,30)31)9-7-6-8-23-11-13-25(14-12-23)22-33-28-19-17-27(18-20-28)32-4-2/h3,6,8,17-20,23-26H,1,4-5,7,9-16,21-22H2,2H3/b8-6+. The van der Waals surface area contributed by atoms with Crippen LogP contribution in [-0.2, 0) is 0 Å². The highest BCUT2D eigenvalue weighted by Gasteiger charge is 2.43. The highest BCUT2D eigenvalue weighted by Crippen LogP contribution is 2.44. The second kappa shape index (κ2) is 13.2. The van der Waals surface area contributed by atoms with Gasteiger partial charge in [-0.2, -0.15) is 0 Å². The Labute approximate surface area is 199 Å². The Balaban J connectivity index is 1.29. The average Bonchev–Trinajstić information content (AvgIpc) is 2.81. The van der Waals surface area contributed by atoms with Crippen LogP contribution in [0.1, 0.15) is 77.6 Å². The van der Waals surface area contributed by atoms with E-state index in [2.05, 4.69) is 18.7 Å². The number of allylic oxidation sites excluding steroid dienone is 3. The second-order valence-corrected chi connectivity index (χ2v) is 9.97. The molecule has 0 spiro atoms. The predicted molar refractivity (Wildman–Crippen MR) is 132 cm³/mol. The number of rotatable bonds is 12. The van der Waals surface area contributed by atoms with E-state index in [9.17, 15) is 8.78 Å². The number of hydrogen-bond acceptors (Lipinski definition) is 2. The van der Waals surface area contributed by atoms with E-state index >= 15 is 0 Å². The molecule has 2 saturated carbocycles. The van der Waals surface area contributed by atoms with Gasteiger partial charge in [0, 0.05) is 12.3 Å². The van der Waals surface area contributed by atoms with Crippen LogP contribution in [0.3, 0.4) is 0 Å². The molecule has 2 aliphatic carbocycles. The first-order valence-corrected chi connectivity index (χ1v) is 13.0. The van der Waals surface area contributed by atoms with Gasteiger partial charge in [-0.15, -0.1) is 6.58 Å². The fourth-order valence-electron chi connectivity index (χ4n) is 5.40. The molecule has 2 nitrogen and oxygen atoms in total. The second-order valence-electron chi connectivity index (χ2n) is 9.97. The third-order valence-corrected chi connectivity index (χ3v) is 7.46. The summed E-state index contributed by atoms with van der Waals surface area (Å²) in [6.07, 6.45) is 15.9. The van der Waals surface area contributed by atoms with Crippen molar-refractivity contribution in [2.45, 2.75) is 83.5 Å². The van der Waals surface area contributed by atoms with Crippen molar-refractivity contribution in [2.24, 2.45) is 23.7 Å². The zero-order valence-electron chi connectivity index (χ0n) is 20.3. The molecule has 33 heavy (non-hydrogen) atoms. The Bertz CT molecular complexity index is 720. The van der Waals surface area contributed by atoms with Crippen LogP contribution in [0.15, 0.2) is 49.1 Å². The van der Waals surface area contributed by atoms with E-state index in [1.807, 2.05) is 31.2 Å². The summed E-state index contributed by atoms with van der Waals surface area (Å²) in [4.78, 5) is 0. The van der Waals surface area contributed by atoms with Crippen molar-refractivity contribution in [3.63, 3.8) is 0 Å². The molecular formula is C29H42F2O2. The molecule has 0 heterocycles. The highest BCUT2D eigenvalue weighted by molar-refractivity contribution is 5.31. The predicted octanol–water partition coefficient (Wildman–Crippen LogP) is 8.62. The molecular weight excluding hydrogens is 418 g/mol. The number of alkyl halides is 2. The summed E-state index contributed by atoms with van der Waals surface area (Å²) in [6.45, 7) is 7.09. The molecule has 0 N–H and O–H groups in total. The number of ether oxygens (including phenoxy) is 2. The number of hydrogen-bond donors (Lipinski definition) is 0. The maximum Gasteiger partial charge on any atom is 0.251 e. The van der Waals surface area contributed by atoms with Crippen molar-refractivity contribution in [2.75, 3.05) is 13.2 Å². The summed E-state index contributed by atoms with van der Waals surface area (Å²) in [5, 5.41) is 0. The molecule has 1 aromatic carbocycles. The van der Waals surface area contributed by atoms with Crippen LogP contribution in [0.25, 0.3) is 0 Å². The number of benzene rings is 1. The van der Waals surface area contributed by atoms with Gasteiger partial charge in [-0.3, -0.25) is 0 Å². The molecule has 2 aliphatic rings. The summed E-state index contributed by atoms with van der Waals surface area (Å²) in [7, 11) is 0. The minimum Gasteiger partial charge on any atom is -0.494 e. The van der Waals surface area contributed by atoms with Gasteiger partial charge in [-0.1, -0.05) is 18.2 Å². The third-order valence-electron chi connectivity index (χ3n) is 7.46. The lowest BCUT2D eigenvalue weighted by molar-refractivity contribution is -0.105. The van der Waals surface area contributed by atoms with Crippen molar-refractivity contribution in [1.29, 1.82) is 0 Å². The zero-order chi connectivity index (χ0) is 23.5. The first-order valence-electron chi connectivity index (χ1n) is 13.0. The van der Waals surface area contributed by atoms with Gasteiger partial charge in [0.2, 0.25) is 0 Å². The summed E-state index contributed by atoms with van der Waals surface area (Å²) in [5.74, 6) is 0.239. The Morgan fingerprint density at radius 3 is 2.21 bits per heavy atom. The van der Waals surface area contributed by atoms with Crippen LogP contribution in [0.4, 0.5) is 8.78 Å². The van der Waals surface area contributed by atoms with Crippen LogP contribution in [0.2, 0.25) is 0 Å². The molecule has 2 fully saturated rings. The SMILES string of the molecule is C=CCCC1CCC(CC/C=C/C2CCC(COc3ccc(OCC)cc3)CC2)CC1(F)F. The van der Waals surface area contributed by atoms with Crippen molar-refractivity contribution < 1.29 is 18.3 Å². The summed E-state index contributed by atoms with van der Waals surface area (Å²) in [5.41, 5.74) is 0. The maximum atomic E-state index is 14.4. The van der Waals surface area contributed by atoms with E-state index < -0.39 is 11.8 Å².